The molecule has 0 atom stereocenters. The van der Waals surface area contributed by atoms with Gasteiger partial charge in [-0.05, 0) is 18.1 Å². The van der Waals surface area contributed by atoms with Gasteiger partial charge in [0.05, 0.1) is 12.2 Å². The molecular weight excluding hydrogens is 233 g/mol. The number of carbonyl (C=O) groups is 1. The van der Waals surface area contributed by atoms with Crippen LogP contribution in [0.1, 0.15) is 19.4 Å². The van der Waals surface area contributed by atoms with E-state index >= 15 is 0 Å². The van der Waals surface area contributed by atoms with Crippen molar-refractivity contribution >= 4 is 11.6 Å². The molecule has 0 saturated heterocycles. The third-order valence-electron chi connectivity index (χ3n) is 2.38. The van der Waals surface area contributed by atoms with E-state index < -0.39 is 11.7 Å². The van der Waals surface area contributed by atoms with Crippen molar-refractivity contribution in [2.24, 2.45) is 11.7 Å². The van der Waals surface area contributed by atoms with Crippen LogP contribution in [-0.4, -0.2) is 19.0 Å². The Morgan fingerprint density at radius 3 is 2.72 bits per heavy atom. The first-order valence-electron chi connectivity index (χ1n) is 5.67. The van der Waals surface area contributed by atoms with Crippen LogP contribution < -0.4 is 10.6 Å². The van der Waals surface area contributed by atoms with Gasteiger partial charge in [0, 0.05) is 6.54 Å². The molecule has 1 amide bonds. The number of nitrogens with zero attached hydrogens (tertiary/aromatic N) is 2. The predicted octanol–water partition coefficient (Wildman–Crippen LogP) is 1.65. The van der Waals surface area contributed by atoms with E-state index in [0.717, 1.165) is 0 Å². The van der Waals surface area contributed by atoms with Gasteiger partial charge in [-0.1, -0.05) is 19.9 Å². The van der Waals surface area contributed by atoms with Crippen LogP contribution in [0.2, 0.25) is 0 Å². The zero-order valence-corrected chi connectivity index (χ0v) is 10.5. The molecule has 0 aliphatic rings. The fraction of sp³-hybridized carbons (Fsp3) is 0.385. The van der Waals surface area contributed by atoms with E-state index in [4.69, 9.17) is 11.0 Å². The quantitative estimate of drug-likeness (QED) is 0.862. The van der Waals surface area contributed by atoms with Crippen molar-refractivity contribution in [3.8, 4) is 6.07 Å². The van der Waals surface area contributed by atoms with Gasteiger partial charge in [0.25, 0.3) is 0 Å². The molecule has 4 nitrogen and oxygen atoms in total. The molecule has 1 rings (SSSR count). The van der Waals surface area contributed by atoms with E-state index in [2.05, 4.69) is 0 Å². The Hall–Kier alpha value is -2.09. The summed E-state index contributed by atoms with van der Waals surface area (Å²) >= 11 is 0. The molecule has 2 N–H and O–H groups in total. The first-order valence-corrected chi connectivity index (χ1v) is 5.67. The highest BCUT2D eigenvalue weighted by Crippen LogP contribution is 2.23. The van der Waals surface area contributed by atoms with Crippen LogP contribution in [0.15, 0.2) is 18.2 Å². The zero-order valence-electron chi connectivity index (χ0n) is 10.5. The second kappa shape index (κ2) is 6.01. The SMILES string of the molecule is CC(C)CN(CC(N)=O)c1cccc(F)c1C#N. The number of anilines is 1. The molecule has 0 aromatic heterocycles. The highest BCUT2D eigenvalue weighted by atomic mass is 19.1. The van der Waals surface area contributed by atoms with Crippen molar-refractivity contribution in [2.75, 3.05) is 18.0 Å². The van der Waals surface area contributed by atoms with Crippen molar-refractivity contribution in [2.45, 2.75) is 13.8 Å². The van der Waals surface area contributed by atoms with E-state index in [0.29, 0.717) is 12.2 Å². The second-order valence-corrected chi connectivity index (χ2v) is 4.49. The Balaban J connectivity index is 3.16. The van der Waals surface area contributed by atoms with Crippen molar-refractivity contribution < 1.29 is 9.18 Å². The average Bonchev–Trinajstić information content (AvgIpc) is 2.26. The minimum Gasteiger partial charge on any atom is -0.368 e. The molecule has 0 spiro atoms. The summed E-state index contributed by atoms with van der Waals surface area (Å²) in [5.74, 6) is -0.837. The van der Waals surface area contributed by atoms with Crippen LogP contribution in [-0.2, 0) is 4.79 Å². The molecular formula is C13H16FN3O. The van der Waals surface area contributed by atoms with Gasteiger partial charge in [0.1, 0.15) is 17.4 Å². The van der Waals surface area contributed by atoms with Gasteiger partial charge in [-0.2, -0.15) is 5.26 Å². The number of hydrogen-bond donors (Lipinski definition) is 1. The van der Waals surface area contributed by atoms with Gasteiger partial charge < -0.3 is 10.6 Å². The van der Waals surface area contributed by atoms with Crippen LogP contribution in [0.3, 0.4) is 0 Å². The van der Waals surface area contributed by atoms with Crippen LogP contribution in [0, 0.1) is 23.1 Å². The number of primary amides is 1. The number of carbonyl (C=O) groups excluding carboxylic acids is 1. The summed E-state index contributed by atoms with van der Waals surface area (Å²) in [6, 6.07) is 6.18. The fourth-order valence-electron chi connectivity index (χ4n) is 1.76. The van der Waals surface area contributed by atoms with Crippen LogP contribution in [0.5, 0.6) is 0 Å². The highest BCUT2D eigenvalue weighted by Gasteiger charge is 2.17. The lowest BCUT2D eigenvalue weighted by atomic mass is 10.1. The number of nitrogens with two attached hydrogens (primary N) is 1. The standard InChI is InChI=1S/C13H16FN3O/c1-9(2)7-17(8-13(16)18)12-5-3-4-11(14)10(12)6-15/h3-5,9H,7-8H2,1-2H3,(H2,16,18). The van der Waals surface area contributed by atoms with Gasteiger partial charge in [0.2, 0.25) is 5.91 Å². The van der Waals surface area contributed by atoms with Gasteiger partial charge in [-0.3, -0.25) is 4.79 Å². The van der Waals surface area contributed by atoms with Crippen molar-refractivity contribution in [1.29, 1.82) is 5.26 Å². The van der Waals surface area contributed by atoms with Gasteiger partial charge >= 0.3 is 0 Å². The maximum atomic E-state index is 13.5. The minimum atomic E-state index is -0.590. The summed E-state index contributed by atoms with van der Waals surface area (Å²) < 4.78 is 13.5. The third kappa shape index (κ3) is 3.45. The van der Waals surface area contributed by atoms with E-state index in [-0.39, 0.29) is 18.0 Å². The number of amides is 1. The molecule has 0 fully saturated rings. The number of benzene rings is 1. The Bertz CT molecular complexity index is 480. The Morgan fingerprint density at radius 1 is 1.56 bits per heavy atom. The fourth-order valence-corrected chi connectivity index (χ4v) is 1.76. The van der Waals surface area contributed by atoms with Crippen molar-refractivity contribution in [1.82, 2.24) is 0 Å². The van der Waals surface area contributed by atoms with Gasteiger partial charge in [-0.25, -0.2) is 4.39 Å². The molecule has 0 saturated carbocycles. The van der Waals surface area contributed by atoms with Crippen LogP contribution >= 0.6 is 0 Å². The Labute approximate surface area is 106 Å². The van der Waals surface area contributed by atoms with Crippen molar-refractivity contribution in [3.05, 3.63) is 29.6 Å². The highest BCUT2D eigenvalue weighted by molar-refractivity contribution is 5.80. The molecule has 0 radical (unpaired) electrons. The number of rotatable bonds is 5. The largest absolute Gasteiger partial charge is 0.368 e. The van der Waals surface area contributed by atoms with Gasteiger partial charge in [-0.15, -0.1) is 0 Å². The maximum absolute atomic E-state index is 13.5. The monoisotopic (exact) mass is 249 g/mol. The molecule has 1 aromatic rings. The topological polar surface area (TPSA) is 70.1 Å². The molecule has 0 aliphatic carbocycles. The molecule has 0 aliphatic heterocycles. The first-order chi connectivity index (χ1) is 8.45. The number of nitriles is 1. The summed E-state index contributed by atoms with van der Waals surface area (Å²) in [5, 5.41) is 8.98. The van der Waals surface area contributed by atoms with Crippen LogP contribution in [0.4, 0.5) is 10.1 Å². The smallest absolute Gasteiger partial charge is 0.236 e. The summed E-state index contributed by atoms with van der Waals surface area (Å²) in [4.78, 5) is 12.7. The summed E-state index contributed by atoms with van der Waals surface area (Å²) in [6.07, 6.45) is 0. The molecule has 0 bridgehead atoms. The Kier molecular flexibility index (Phi) is 4.67. The molecule has 96 valence electrons. The molecule has 18 heavy (non-hydrogen) atoms. The van der Waals surface area contributed by atoms with E-state index in [1.165, 1.54) is 12.1 Å². The summed E-state index contributed by atoms with van der Waals surface area (Å²) in [5.41, 5.74) is 5.53. The normalized spacial score (nSPS) is 10.2. The lowest BCUT2D eigenvalue weighted by Gasteiger charge is -2.26. The molecule has 1 aromatic carbocycles. The van der Waals surface area contributed by atoms with E-state index in [1.807, 2.05) is 19.9 Å². The summed E-state index contributed by atoms with van der Waals surface area (Å²) in [6.45, 7) is 4.44. The van der Waals surface area contributed by atoms with Crippen molar-refractivity contribution in [3.63, 3.8) is 0 Å². The molecule has 5 heteroatoms. The number of hydrogen-bond acceptors (Lipinski definition) is 3. The minimum absolute atomic E-state index is 0.0314. The Morgan fingerprint density at radius 2 is 2.22 bits per heavy atom. The lowest BCUT2D eigenvalue weighted by Crippen LogP contribution is -2.36. The first kappa shape index (κ1) is 14.0. The second-order valence-electron chi connectivity index (χ2n) is 4.49. The lowest BCUT2D eigenvalue weighted by molar-refractivity contribution is -0.116. The van der Waals surface area contributed by atoms with E-state index in [9.17, 15) is 9.18 Å². The number of halogens is 1. The van der Waals surface area contributed by atoms with Crippen LogP contribution in [0.25, 0.3) is 0 Å². The average molecular weight is 249 g/mol. The summed E-state index contributed by atoms with van der Waals surface area (Å²) in [7, 11) is 0. The third-order valence-corrected chi connectivity index (χ3v) is 2.38. The molecule has 0 heterocycles. The molecule has 0 unspecified atom stereocenters. The maximum Gasteiger partial charge on any atom is 0.236 e. The predicted molar refractivity (Wildman–Crippen MR) is 67.4 cm³/mol. The van der Waals surface area contributed by atoms with Gasteiger partial charge in [0.15, 0.2) is 0 Å². The van der Waals surface area contributed by atoms with E-state index in [1.54, 1.807) is 11.0 Å². The zero-order chi connectivity index (χ0) is 13.7.